The molecule has 1 aliphatic rings. The van der Waals surface area contributed by atoms with Gasteiger partial charge in [-0.3, -0.25) is 14.4 Å². The van der Waals surface area contributed by atoms with Gasteiger partial charge in [-0.05, 0) is 54.7 Å². The summed E-state index contributed by atoms with van der Waals surface area (Å²) >= 11 is 17.9. The molecule has 2 aromatic carbocycles. The maximum Gasteiger partial charge on any atom is 0.290 e. The van der Waals surface area contributed by atoms with Crippen molar-refractivity contribution in [1.82, 2.24) is 10.2 Å². The van der Waals surface area contributed by atoms with Crippen LogP contribution in [0.2, 0.25) is 15.1 Å². The van der Waals surface area contributed by atoms with Crippen molar-refractivity contribution in [3.8, 4) is 0 Å². The Labute approximate surface area is 190 Å². The molecule has 5 nitrogen and oxygen atoms in total. The largest absolute Gasteiger partial charge is 0.355 e. The number of ketones is 1. The third kappa shape index (κ3) is 5.75. The van der Waals surface area contributed by atoms with E-state index < -0.39 is 23.5 Å². The molecule has 0 aromatic heterocycles. The van der Waals surface area contributed by atoms with Gasteiger partial charge in [-0.2, -0.15) is 0 Å². The van der Waals surface area contributed by atoms with Gasteiger partial charge in [0.25, 0.3) is 5.91 Å². The van der Waals surface area contributed by atoms with Gasteiger partial charge in [-0.1, -0.05) is 53.0 Å². The Morgan fingerprint density at radius 3 is 2.50 bits per heavy atom. The molecule has 1 unspecified atom stereocenters. The SMILES string of the molecule is O=C(NCCCc1ccc(Cl)c(Cl)c1)C1CN(CCc2cccc(Cl)c2)C(=O)C1=O. The summed E-state index contributed by atoms with van der Waals surface area (Å²) in [6.45, 7) is 0.877. The zero-order chi connectivity index (χ0) is 21.7. The van der Waals surface area contributed by atoms with Crippen LogP contribution in [0.25, 0.3) is 0 Å². The van der Waals surface area contributed by atoms with E-state index in [1.807, 2.05) is 24.3 Å². The van der Waals surface area contributed by atoms with Crippen LogP contribution in [0.5, 0.6) is 0 Å². The molecular formula is C22H21Cl3N2O3. The van der Waals surface area contributed by atoms with E-state index in [0.29, 0.717) is 47.4 Å². The summed E-state index contributed by atoms with van der Waals surface area (Å²) in [7, 11) is 0. The summed E-state index contributed by atoms with van der Waals surface area (Å²) in [4.78, 5) is 38.3. The fraction of sp³-hybridized carbons (Fsp3) is 0.318. The second kappa shape index (κ2) is 10.3. The standard InChI is InChI=1S/C22H21Cl3N2O3/c23-16-5-1-3-15(11-16)8-10-27-13-17(20(28)22(27)30)21(29)26-9-2-4-14-6-7-18(24)19(25)12-14/h1,3,5-7,11-12,17H,2,4,8-10,13H2,(H,26,29). The molecule has 1 fully saturated rings. The van der Waals surface area contributed by atoms with Crippen molar-refractivity contribution in [3.63, 3.8) is 0 Å². The lowest BCUT2D eigenvalue weighted by molar-refractivity contribution is -0.142. The molecule has 8 heteroatoms. The predicted octanol–water partition coefficient (Wildman–Crippen LogP) is 3.97. The van der Waals surface area contributed by atoms with Crippen molar-refractivity contribution in [2.45, 2.75) is 19.3 Å². The molecule has 0 spiro atoms. The Morgan fingerprint density at radius 1 is 1.00 bits per heavy atom. The minimum absolute atomic E-state index is 0.108. The average Bonchev–Trinajstić information content (AvgIpc) is 3.00. The molecule has 1 saturated heterocycles. The third-order valence-electron chi connectivity index (χ3n) is 5.02. The number of likely N-dealkylation sites (tertiary alicyclic amines) is 1. The summed E-state index contributed by atoms with van der Waals surface area (Å²) in [5.41, 5.74) is 1.98. The summed E-state index contributed by atoms with van der Waals surface area (Å²) < 4.78 is 0. The lowest BCUT2D eigenvalue weighted by Gasteiger charge is -2.15. The van der Waals surface area contributed by atoms with Gasteiger partial charge in [0.2, 0.25) is 11.7 Å². The molecule has 1 atom stereocenters. The number of hydrogen-bond donors (Lipinski definition) is 1. The molecule has 0 radical (unpaired) electrons. The Balaban J connectivity index is 1.45. The van der Waals surface area contributed by atoms with Gasteiger partial charge in [0.1, 0.15) is 5.92 Å². The number of carbonyl (C=O) groups excluding carboxylic acids is 3. The molecular weight excluding hydrogens is 447 g/mol. The summed E-state index contributed by atoms with van der Waals surface area (Å²) in [6.07, 6.45) is 1.95. The summed E-state index contributed by atoms with van der Waals surface area (Å²) in [5, 5.41) is 4.37. The highest BCUT2D eigenvalue weighted by Gasteiger charge is 2.42. The molecule has 2 aromatic rings. The summed E-state index contributed by atoms with van der Waals surface area (Å²) in [5.74, 6) is -2.62. The maximum absolute atomic E-state index is 12.4. The van der Waals surface area contributed by atoms with E-state index in [4.69, 9.17) is 34.8 Å². The Hall–Kier alpha value is -2.08. The molecule has 0 bridgehead atoms. The van der Waals surface area contributed by atoms with E-state index in [-0.39, 0.29) is 6.54 Å². The van der Waals surface area contributed by atoms with Crippen LogP contribution in [0.15, 0.2) is 42.5 Å². The van der Waals surface area contributed by atoms with E-state index in [0.717, 1.165) is 11.1 Å². The highest BCUT2D eigenvalue weighted by molar-refractivity contribution is 6.42. The second-order valence-corrected chi connectivity index (χ2v) is 8.44. The first-order chi connectivity index (χ1) is 14.3. The first-order valence-corrected chi connectivity index (χ1v) is 10.8. The Bertz CT molecular complexity index is 964. The number of halogens is 3. The van der Waals surface area contributed by atoms with Crippen molar-refractivity contribution >= 4 is 52.4 Å². The third-order valence-corrected chi connectivity index (χ3v) is 5.99. The molecule has 1 heterocycles. The first kappa shape index (κ1) is 22.6. The van der Waals surface area contributed by atoms with Crippen LogP contribution in [-0.4, -0.2) is 42.1 Å². The predicted molar refractivity (Wildman–Crippen MR) is 118 cm³/mol. The first-order valence-electron chi connectivity index (χ1n) is 9.64. The van der Waals surface area contributed by atoms with Gasteiger partial charge in [0.15, 0.2) is 0 Å². The second-order valence-electron chi connectivity index (χ2n) is 7.19. The van der Waals surface area contributed by atoms with Crippen molar-refractivity contribution in [1.29, 1.82) is 0 Å². The molecule has 158 valence electrons. The van der Waals surface area contributed by atoms with Gasteiger partial charge in [-0.25, -0.2) is 0 Å². The fourth-order valence-corrected chi connectivity index (χ4v) is 3.90. The van der Waals surface area contributed by atoms with Crippen LogP contribution < -0.4 is 5.32 Å². The van der Waals surface area contributed by atoms with Crippen LogP contribution in [0.4, 0.5) is 0 Å². The van der Waals surface area contributed by atoms with Crippen LogP contribution >= 0.6 is 34.8 Å². The van der Waals surface area contributed by atoms with Crippen LogP contribution in [0, 0.1) is 5.92 Å². The van der Waals surface area contributed by atoms with Crippen molar-refractivity contribution in [2.24, 2.45) is 5.92 Å². The number of rotatable bonds is 8. The highest BCUT2D eigenvalue weighted by atomic mass is 35.5. The molecule has 0 saturated carbocycles. The number of carbonyl (C=O) groups is 3. The molecule has 2 amide bonds. The lowest BCUT2D eigenvalue weighted by Crippen LogP contribution is -2.36. The fourth-order valence-electron chi connectivity index (χ4n) is 3.36. The van der Waals surface area contributed by atoms with Crippen LogP contribution in [-0.2, 0) is 27.2 Å². The van der Waals surface area contributed by atoms with E-state index in [2.05, 4.69) is 5.32 Å². The number of benzene rings is 2. The minimum Gasteiger partial charge on any atom is -0.355 e. The van der Waals surface area contributed by atoms with Crippen LogP contribution in [0.1, 0.15) is 17.5 Å². The van der Waals surface area contributed by atoms with Gasteiger partial charge in [0, 0.05) is 24.7 Å². The quantitative estimate of drug-likeness (QED) is 0.363. The minimum atomic E-state index is -0.957. The van der Waals surface area contributed by atoms with Crippen molar-refractivity contribution in [2.75, 3.05) is 19.6 Å². The Kier molecular flexibility index (Phi) is 7.75. The summed E-state index contributed by atoms with van der Waals surface area (Å²) in [6, 6.07) is 12.8. The number of nitrogens with one attached hydrogen (secondary N) is 1. The maximum atomic E-state index is 12.4. The molecule has 3 rings (SSSR count). The smallest absolute Gasteiger partial charge is 0.290 e. The van der Waals surface area contributed by atoms with Gasteiger partial charge < -0.3 is 10.2 Å². The molecule has 0 aliphatic carbocycles. The normalized spacial score (nSPS) is 16.2. The van der Waals surface area contributed by atoms with E-state index in [9.17, 15) is 14.4 Å². The number of Topliss-reactive ketones (excluding diaryl/α,β-unsaturated/α-hetero) is 1. The number of nitrogens with zero attached hydrogens (tertiary/aromatic N) is 1. The van der Waals surface area contributed by atoms with E-state index in [1.54, 1.807) is 18.2 Å². The highest BCUT2D eigenvalue weighted by Crippen LogP contribution is 2.23. The van der Waals surface area contributed by atoms with Gasteiger partial charge >= 0.3 is 0 Å². The molecule has 1 N–H and O–H groups in total. The molecule has 1 aliphatic heterocycles. The van der Waals surface area contributed by atoms with Gasteiger partial charge in [0.05, 0.1) is 10.0 Å². The average molecular weight is 468 g/mol. The van der Waals surface area contributed by atoms with E-state index in [1.165, 1.54) is 4.90 Å². The zero-order valence-electron chi connectivity index (χ0n) is 16.2. The van der Waals surface area contributed by atoms with Crippen molar-refractivity contribution < 1.29 is 14.4 Å². The Morgan fingerprint density at radius 2 is 1.77 bits per heavy atom. The number of amides is 2. The monoisotopic (exact) mass is 466 g/mol. The van der Waals surface area contributed by atoms with E-state index >= 15 is 0 Å². The molecule has 30 heavy (non-hydrogen) atoms. The van der Waals surface area contributed by atoms with Crippen molar-refractivity contribution in [3.05, 3.63) is 68.7 Å². The number of aryl methyl sites for hydroxylation is 1. The topological polar surface area (TPSA) is 66.5 Å². The van der Waals surface area contributed by atoms with Gasteiger partial charge in [-0.15, -0.1) is 0 Å². The number of hydrogen-bond acceptors (Lipinski definition) is 3. The lowest BCUT2D eigenvalue weighted by atomic mass is 10.1. The van der Waals surface area contributed by atoms with Crippen LogP contribution in [0.3, 0.4) is 0 Å². The zero-order valence-corrected chi connectivity index (χ0v) is 18.4.